The largest absolute Gasteiger partial charge is 0.467 e. The Hall–Kier alpha value is -3.46. The number of halogens is 1. The van der Waals surface area contributed by atoms with Gasteiger partial charge in [-0.05, 0) is 61.9 Å². The Bertz CT molecular complexity index is 1150. The molecule has 0 spiro atoms. The highest BCUT2D eigenvalue weighted by atomic mass is 79.9. The number of nitrogens with zero attached hydrogens (tertiary/aromatic N) is 2. The lowest BCUT2D eigenvalue weighted by Crippen LogP contribution is -2.47. The van der Waals surface area contributed by atoms with Crippen LogP contribution in [0.25, 0.3) is 0 Å². The van der Waals surface area contributed by atoms with Crippen LogP contribution in [0.15, 0.2) is 69.8 Å². The smallest absolute Gasteiger partial charge is 0.322 e. The van der Waals surface area contributed by atoms with Crippen LogP contribution in [0.2, 0.25) is 0 Å². The first-order chi connectivity index (χ1) is 16.4. The van der Waals surface area contributed by atoms with E-state index in [0.717, 1.165) is 10.0 Å². The van der Waals surface area contributed by atoms with Gasteiger partial charge < -0.3 is 29.0 Å². The number of nitrogens with one attached hydrogen (secondary N) is 1. The first kappa shape index (κ1) is 23.7. The van der Waals surface area contributed by atoms with Gasteiger partial charge in [0.2, 0.25) is 12.7 Å². The molecule has 0 unspecified atom stereocenters. The number of benzene rings is 2. The maximum atomic E-state index is 13.4. The molecule has 1 aliphatic heterocycles. The zero-order chi connectivity index (χ0) is 24.1. The number of rotatable bonds is 8. The highest BCUT2D eigenvalue weighted by molar-refractivity contribution is 9.10. The summed E-state index contributed by atoms with van der Waals surface area (Å²) >= 11 is 3.40. The minimum atomic E-state index is -0.345. The molecule has 2 heterocycles. The lowest BCUT2D eigenvalue weighted by molar-refractivity contribution is -0.133. The number of urea groups is 1. The van der Waals surface area contributed by atoms with E-state index in [2.05, 4.69) is 21.2 Å². The van der Waals surface area contributed by atoms with Gasteiger partial charge in [-0.3, -0.25) is 4.79 Å². The molecule has 0 saturated heterocycles. The van der Waals surface area contributed by atoms with E-state index in [4.69, 9.17) is 13.9 Å². The Balaban J connectivity index is 1.50. The Morgan fingerprint density at radius 2 is 1.85 bits per heavy atom. The van der Waals surface area contributed by atoms with Crippen LogP contribution < -0.4 is 14.8 Å². The molecule has 0 saturated carbocycles. The number of carbonyl (C=O) groups is 2. The van der Waals surface area contributed by atoms with Crippen molar-refractivity contribution in [2.45, 2.75) is 33.0 Å². The molecular weight excluding hydrogens is 502 g/mol. The van der Waals surface area contributed by atoms with Crippen LogP contribution in [0, 0.1) is 0 Å². The summed E-state index contributed by atoms with van der Waals surface area (Å²) in [6, 6.07) is 16.0. The van der Waals surface area contributed by atoms with Gasteiger partial charge in [-0.15, -0.1) is 0 Å². The summed E-state index contributed by atoms with van der Waals surface area (Å²) < 4.78 is 17.2. The number of ether oxygens (including phenoxy) is 2. The lowest BCUT2D eigenvalue weighted by Gasteiger charge is -2.30. The molecular formula is C25H26BrN3O5. The molecule has 1 aromatic heterocycles. The highest BCUT2D eigenvalue weighted by Crippen LogP contribution is 2.33. The zero-order valence-corrected chi connectivity index (χ0v) is 20.6. The van der Waals surface area contributed by atoms with Gasteiger partial charge in [-0.1, -0.05) is 28.1 Å². The van der Waals surface area contributed by atoms with Crippen molar-refractivity contribution in [3.63, 3.8) is 0 Å². The van der Waals surface area contributed by atoms with Crippen molar-refractivity contribution in [2.24, 2.45) is 0 Å². The Labute approximate surface area is 206 Å². The van der Waals surface area contributed by atoms with Crippen molar-refractivity contribution in [1.82, 2.24) is 9.80 Å². The van der Waals surface area contributed by atoms with Gasteiger partial charge >= 0.3 is 6.03 Å². The van der Waals surface area contributed by atoms with E-state index in [1.165, 1.54) is 4.90 Å². The van der Waals surface area contributed by atoms with Crippen LogP contribution >= 0.6 is 15.9 Å². The van der Waals surface area contributed by atoms with Gasteiger partial charge in [0.05, 0.1) is 12.8 Å². The van der Waals surface area contributed by atoms with Gasteiger partial charge in [0.1, 0.15) is 12.3 Å². The van der Waals surface area contributed by atoms with Crippen LogP contribution in [0.5, 0.6) is 11.5 Å². The Kier molecular flexibility index (Phi) is 7.42. The van der Waals surface area contributed by atoms with Crippen LogP contribution in [-0.2, 0) is 17.9 Å². The van der Waals surface area contributed by atoms with Crippen molar-refractivity contribution in [2.75, 3.05) is 18.7 Å². The van der Waals surface area contributed by atoms with Crippen LogP contribution in [0.4, 0.5) is 10.5 Å². The molecule has 2 aromatic carbocycles. The minimum absolute atomic E-state index is 0.0806. The van der Waals surface area contributed by atoms with Gasteiger partial charge in [-0.25, -0.2) is 4.79 Å². The summed E-state index contributed by atoms with van der Waals surface area (Å²) in [7, 11) is 0. The highest BCUT2D eigenvalue weighted by Gasteiger charge is 2.25. The molecule has 9 heteroatoms. The third-order valence-electron chi connectivity index (χ3n) is 5.36. The predicted octanol–water partition coefficient (Wildman–Crippen LogP) is 5.24. The number of amides is 3. The maximum absolute atomic E-state index is 13.4. The van der Waals surface area contributed by atoms with Gasteiger partial charge in [0.25, 0.3) is 0 Å². The maximum Gasteiger partial charge on any atom is 0.322 e. The van der Waals surface area contributed by atoms with E-state index in [9.17, 15) is 9.59 Å². The van der Waals surface area contributed by atoms with Crippen molar-refractivity contribution in [3.05, 3.63) is 76.7 Å². The average molecular weight is 528 g/mol. The van der Waals surface area contributed by atoms with Crippen molar-refractivity contribution in [1.29, 1.82) is 0 Å². The molecule has 1 aliphatic rings. The minimum Gasteiger partial charge on any atom is -0.467 e. The van der Waals surface area contributed by atoms with Crippen LogP contribution in [0.1, 0.15) is 25.2 Å². The summed E-state index contributed by atoms with van der Waals surface area (Å²) in [5.74, 6) is 1.79. The van der Waals surface area contributed by atoms with Gasteiger partial charge in [0.15, 0.2) is 11.5 Å². The molecule has 3 amide bonds. The fraction of sp³-hybridized carbons (Fsp3) is 0.280. The molecule has 3 aromatic rings. The number of hydrogen-bond donors (Lipinski definition) is 1. The molecule has 0 bridgehead atoms. The van der Waals surface area contributed by atoms with E-state index >= 15 is 0 Å². The molecule has 178 valence electrons. The molecule has 8 nitrogen and oxygen atoms in total. The molecule has 4 rings (SSSR count). The number of anilines is 1. The number of furan rings is 1. The monoisotopic (exact) mass is 527 g/mol. The zero-order valence-electron chi connectivity index (χ0n) is 19.0. The van der Waals surface area contributed by atoms with Gasteiger partial charge in [-0.2, -0.15) is 0 Å². The molecule has 0 atom stereocenters. The first-order valence-corrected chi connectivity index (χ1v) is 11.7. The summed E-state index contributed by atoms with van der Waals surface area (Å²) in [6.07, 6.45) is 1.57. The number of carbonyl (C=O) groups excluding carboxylic acids is 2. The molecule has 34 heavy (non-hydrogen) atoms. The average Bonchev–Trinajstić information content (AvgIpc) is 3.48. The Morgan fingerprint density at radius 3 is 2.59 bits per heavy atom. The summed E-state index contributed by atoms with van der Waals surface area (Å²) in [4.78, 5) is 29.6. The normalized spacial score (nSPS) is 12.0. The predicted molar refractivity (Wildman–Crippen MR) is 131 cm³/mol. The second kappa shape index (κ2) is 10.6. The van der Waals surface area contributed by atoms with Crippen LogP contribution in [0.3, 0.4) is 0 Å². The molecule has 0 fully saturated rings. The summed E-state index contributed by atoms with van der Waals surface area (Å²) in [5, 5.41) is 2.87. The standard InChI is InChI=1S/C25H26BrN3O5/c1-17(2)29(25(31)27-20-6-3-5-19(26)12-20)15-24(30)28(14-21-7-4-10-32-21)13-18-8-9-22-23(11-18)34-16-33-22/h3-12,17H,13-16H2,1-2H3,(H,27,31). The Morgan fingerprint density at radius 1 is 1.03 bits per heavy atom. The summed E-state index contributed by atoms with van der Waals surface area (Å²) in [5.41, 5.74) is 1.53. The molecule has 0 aliphatic carbocycles. The lowest BCUT2D eigenvalue weighted by atomic mass is 10.1. The topological polar surface area (TPSA) is 84.2 Å². The van der Waals surface area contributed by atoms with E-state index < -0.39 is 0 Å². The third kappa shape index (κ3) is 5.91. The fourth-order valence-electron chi connectivity index (χ4n) is 3.58. The quantitative estimate of drug-likeness (QED) is 0.432. The summed E-state index contributed by atoms with van der Waals surface area (Å²) in [6.45, 7) is 4.47. The van der Waals surface area contributed by atoms with Crippen molar-refractivity contribution in [3.8, 4) is 11.5 Å². The number of fused-ring (bicyclic) bond motifs is 1. The van der Waals surface area contributed by atoms with E-state index in [1.807, 2.05) is 50.2 Å². The van der Waals surface area contributed by atoms with E-state index in [0.29, 0.717) is 29.5 Å². The van der Waals surface area contributed by atoms with Crippen molar-refractivity contribution >= 4 is 33.6 Å². The van der Waals surface area contributed by atoms with E-state index in [1.54, 1.807) is 29.4 Å². The molecule has 0 radical (unpaired) electrons. The van der Waals surface area contributed by atoms with Crippen molar-refractivity contribution < 1.29 is 23.5 Å². The second-order valence-corrected chi connectivity index (χ2v) is 9.09. The third-order valence-corrected chi connectivity index (χ3v) is 5.85. The SMILES string of the molecule is CC(C)N(CC(=O)N(Cc1ccc2c(c1)OCO2)Cc1ccco1)C(=O)Nc1cccc(Br)c1. The van der Waals surface area contributed by atoms with E-state index in [-0.39, 0.29) is 37.9 Å². The fourth-order valence-corrected chi connectivity index (χ4v) is 3.98. The second-order valence-electron chi connectivity index (χ2n) is 8.18. The van der Waals surface area contributed by atoms with Gasteiger partial charge in [0, 0.05) is 22.7 Å². The molecule has 1 N–H and O–H groups in total. The first-order valence-electron chi connectivity index (χ1n) is 10.9. The van der Waals surface area contributed by atoms with Crippen LogP contribution in [-0.4, -0.2) is 41.1 Å². The number of hydrogen-bond acceptors (Lipinski definition) is 5.